The first-order valence-corrected chi connectivity index (χ1v) is 16.7. The molecule has 6 unspecified atom stereocenters. The fourth-order valence-corrected chi connectivity index (χ4v) is 5.17. The molecule has 6 atom stereocenters. The van der Waals surface area contributed by atoms with Gasteiger partial charge in [0.1, 0.15) is 19.0 Å². The van der Waals surface area contributed by atoms with E-state index in [9.17, 15) is 14.7 Å². The van der Waals surface area contributed by atoms with E-state index in [0.717, 1.165) is 32.5 Å². The average Bonchev–Trinajstić information content (AvgIpc) is 2.83. The molecule has 2 aliphatic rings. The van der Waals surface area contributed by atoms with Crippen molar-refractivity contribution in [2.45, 2.75) is 51.1 Å². The first kappa shape index (κ1) is 37.4. The summed E-state index contributed by atoms with van der Waals surface area (Å²) >= 11 is 6.38. The number of ether oxygens (including phenoxy) is 4. The van der Waals surface area contributed by atoms with E-state index in [0.29, 0.717) is 6.54 Å². The molecule has 0 aromatic heterocycles. The fourth-order valence-electron chi connectivity index (χ4n) is 4.35. The molecule has 0 spiro atoms. The molecular weight excluding hydrogens is 827 g/mol. The molecule has 0 aromatic carbocycles. The maximum atomic E-state index is 11.2. The highest BCUT2D eigenvalue weighted by molar-refractivity contribution is 14.1. The molecule has 0 aliphatic carbocycles. The van der Waals surface area contributed by atoms with Gasteiger partial charge < -0.3 is 33.9 Å². The Morgan fingerprint density at radius 3 is 1.84 bits per heavy atom. The number of alkyl halides is 1. The van der Waals surface area contributed by atoms with Crippen LogP contribution in [0, 0.1) is 11.8 Å². The summed E-state index contributed by atoms with van der Waals surface area (Å²) in [6.45, 7) is 6.45. The molecule has 0 amide bonds. The summed E-state index contributed by atoms with van der Waals surface area (Å²) in [5.41, 5.74) is 0. The highest BCUT2D eigenvalue weighted by atomic mass is 127. The number of esters is 2. The van der Waals surface area contributed by atoms with Gasteiger partial charge in [-0.15, -0.1) is 0 Å². The van der Waals surface area contributed by atoms with Crippen molar-refractivity contribution in [2.75, 3.05) is 59.1 Å². The summed E-state index contributed by atoms with van der Waals surface area (Å²) in [6.07, 6.45) is 4.57. The van der Waals surface area contributed by atoms with Gasteiger partial charge in [-0.05, 0) is 65.3 Å². The third-order valence-corrected chi connectivity index (χ3v) is 6.85. The van der Waals surface area contributed by atoms with Crippen molar-refractivity contribution in [1.29, 1.82) is 0 Å². The van der Waals surface area contributed by atoms with E-state index in [-0.39, 0.29) is 48.9 Å². The fraction of sp³-hybridized carbons (Fsp3) is 0.760. The number of hydrogen-bond donors (Lipinski definition) is 1. The second-order valence-corrected chi connectivity index (χ2v) is 10.3. The maximum Gasteiger partial charge on any atom is 0.303 e. The van der Waals surface area contributed by atoms with Crippen molar-refractivity contribution >= 4 is 79.7 Å². The number of halogens is 3. The number of rotatable bonds is 9. The van der Waals surface area contributed by atoms with Crippen molar-refractivity contribution in [3.63, 3.8) is 0 Å². The SMILES string of the molecule is CC(=O)OC(/C=C/I)C1CCN([14CH3])CC1O.COCOC1CN([14CH3])CCC1C(/C=C/I)OC(C)=O.[14CH3]I. The van der Waals surface area contributed by atoms with Crippen LogP contribution in [0.4, 0.5) is 0 Å². The van der Waals surface area contributed by atoms with Gasteiger partial charge in [0.2, 0.25) is 0 Å². The van der Waals surface area contributed by atoms with Crippen LogP contribution in [0.2, 0.25) is 0 Å². The largest absolute Gasteiger partial charge is 0.458 e. The van der Waals surface area contributed by atoms with E-state index in [1.54, 1.807) is 7.11 Å². The highest BCUT2D eigenvalue weighted by Gasteiger charge is 2.35. The van der Waals surface area contributed by atoms with Crippen molar-refractivity contribution in [1.82, 2.24) is 9.80 Å². The second kappa shape index (κ2) is 22.1. The lowest BCUT2D eigenvalue weighted by atomic mass is 9.89. The van der Waals surface area contributed by atoms with Gasteiger partial charge in [-0.25, -0.2) is 0 Å². The van der Waals surface area contributed by atoms with E-state index in [1.807, 2.05) is 32.3 Å². The molecule has 0 saturated carbocycles. The van der Waals surface area contributed by atoms with Crippen LogP contribution in [0.1, 0.15) is 26.7 Å². The number of carbonyl (C=O) groups excluding carboxylic acids is 2. The molecule has 12 heteroatoms. The molecule has 2 rings (SSSR count). The van der Waals surface area contributed by atoms with Gasteiger partial charge in [0.05, 0.1) is 12.2 Å². The number of carbonyl (C=O) groups is 2. The lowest BCUT2D eigenvalue weighted by Crippen LogP contribution is -2.48. The summed E-state index contributed by atoms with van der Waals surface area (Å²) in [5.74, 6) is -0.387. The number of methoxy groups -OCH3 is 1. The van der Waals surface area contributed by atoms with Crippen LogP contribution in [-0.2, 0) is 28.5 Å². The molecule has 37 heavy (non-hydrogen) atoms. The van der Waals surface area contributed by atoms with Crippen molar-refractivity contribution in [3.8, 4) is 0 Å². The van der Waals surface area contributed by atoms with Gasteiger partial charge in [0, 0.05) is 45.9 Å². The average molecular weight is 870 g/mol. The third-order valence-electron chi connectivity index (χ3n) is 6.02. The van der Waals surface area contributed by atoms with E-state index < -0.39 is 6.10 Å². The Kier molecular flexibility index (Phi) is 22.4. The predicted octanol–water partition coefficient (Wildman–Crippen LogP) is 4.04. The number of hydrogen-bond acceptors (Lipinski definition) is 9. The Hall–Kier alpha value is 0.410. The number of likely N-dealkylation sites (N-methyl/N-ethyl adjacent to an activating group) is 2. The molecule has 216 valence electrons. The summed E-state index contributed by atoms with van der Waals surface area (Å²) < 4.78 is 25.1. The number of piperidine rings is 2. The van der Waals surface area contributed by atoms with Crippen LogP contribution >= 0.6 is 67.8 Å². The van der Waals surface area contributed by atoms with Gasteiger partial charge in [-0.2, -0.15) is 0 Å². The summed E-state index contributed by atoms with van der Waals surface area (Å²) in [4.78, 5) is 28.5. The van der Waals surface area contributed by atoms with Crippen LogP contribution in [-0.4, -0.2) is 110 Å². The second-order valence-electron chi connectivity index (χ2n) is 8.89. The lowest BCUT2D eigenvalue weighted by molar-refractivity contribution is -0.157. The zero-order valence-corrected chi connectivity index (χ0v) is 29.1. The van der Waals surface area contributed by atoms with Gasteiger partial charge >= 0.3 is 11.9 Å². The monoisotopic (exact) mass is 870 g/mol. The van der Waals surface area contributed by atoms with E-state index >= 15 is 0 Å². The molecule has 0 radical (unpaired) electrons. The zero-order chi connectivity index (χ0) is 28.4. The van der Waals surface area contributed by atoms with Gasteiger partial charge in [0.25, 0.3) is 0 Å². The van der Waals surface area contributed by atoms with Crippen molar-refractivity contribution in [3.05, 3.63) is 20.3 Å². The quantitative estimate of drug-likeness (QED) is 0.160. The molecule has 1 N–H and O–H groups in total. The predicted molar refractivity (Wildman–Crippen MR) is 171 cm³/mol. The van der Waals surface area contributed by atoms with Gasteiger partial charge in [-0.3, -0.25) is 9.59 Å². The van der Waals surface area contributed by atoms with Crippen LogP contribution < -0.4 is 0 Å². The van der Waals surface area contributed by atoms with E-state index in [1.165, 1.54) is 13.8 Å². The van der Waals surface area contributed by atoms with Gasteiger partial charge in [0.15, 0.2) is 0 Å². The van der Waals surface area contributed by atoms with Crippen molar-refractivity contribution in [2.24, 2.45) is 11.8 Å². The minimum absolute atomic E-state index is 0.00566. The van der Waals surface area contributed by atoms with Crippen molar-refractivity contribution < 1.29 is 33.6 Å². The Morgan fingerprint density at radius 2 is 1.41 bits per heavy atom. The number of likely N-dealkylation sites (tertiary alicyclic amines) is 2. The summed E-state index contributed by atoms with van der Waals surface area (Å²) in [7, 11) is 5.65. The molecule has 0 aromatic rings. The van der Waals surface area contributed by atoms with Crippen LogP contribution in [0.5, 0.6) is 0 Å². The maximum absolute atomic E-state index is 11.2. The number of aliphatic hydroxyl groups is 1. The Balaban J connectivity index is 0.000000665. The topological polar surface area (TPSA) is 97.8 Å². The minimum atomic E-state index is -0.435. The van der Waals surface area contributed by atoms with E-state index in [4.69, 9.17) is 18.9 Å². The van der Waals surface area contributed by atoms with Crippen LogP contribution in [0.3, 0.4) is 0 Å². The molecular formula is C25H43I3N2O7. The molecule has 0 bridgehead atoms. The standard InChI is InChI=1S/C13H22INO4.C11H18INO3.CH3I/c1-10(16)19-12(4-6-14)11-5-7-15(2)8-13(11)18-9-17-3;1-8(14)16-11(3-5-12)9-4-6-13(2)7-10(9)15;1-2/h4,6,11-13H,5,7-9H2,1-3H3;3,5,9-11,15H,4,6-7H2,1-2H3;1H3/b6-4+;5-3+;/i2*2+2;1+2. The van der Waals surface area contributed by atoms with Crippen LogP contribution in [0.25, 0.3) is 0 Å². The summed E-state index contributed by atoms with van der Waals surface area (Å²) in [5, 5.41) is 9.98. The lowest BCUT2D eigenvalue weighted by Gasteiger charge is -2.39. The third kappa shape index (κ3) is 15.7. The first-order chi connectivity index (χ1) is 17.6. The minimum Gasteiger partial charge on any atom is -0.458 e. The van der Waals surface area contributed by atoms with Crippen LogP contribution in [0.15, 0.2) is 20.3 Å². The summed E-state index contributed by atoms with van der Waals surface area (Å²) in [6, 6.07) is 0. The highest BCUT2D eigenvalue weighted by Crippen LogP contribution is 2.27. The van der Waals surface area contributed by atoms with Gasteiger partial charge in [-0.1, -0.05) is 67.8 Å². The smallest absolute Gasteiger partial charge is 0.303 e. The Morgan fingerprint density at radius 1 is 0.946 bits per heavy atom. The normalized spacial score (nSPS) is 26.4. The number of β-amino-alcohol motifs (C(OH)–C–C–N with tert-alkyl or cyclic N) is 1. The molecule has 2 saturated heterocycles. The molecule has 9 nitrogen and oxygen atoms in total. The number of aliphatic hydroxyl groups excluding tert-OH is 1. The Labute approximate surface area is 263 Å². The molecule has 2 heterocycles. The van der Waals surface area contributed by atoms with E-state index in [2.05, 4.69) is 84.6 Å². The Bertz CT molecular complexity index is 699. The number of nitrogens with zero attached hydrogens (tertiary/aromatic N) is 2. The molecule has 2 fully saturated rings. The zero-order valence-electron chi connectivity index (χ0n) is 22.6. The first-order valence-electron chi connectivity index (χ1n) is 12.0. The molecule has 2 aliphatic heterocycles.